The van der Waals surface area contributed by atoms with Crippen LogP contribution in [-0.2, 0) is 0 Å². The topological polar surface area (TPSA) is 98.8 Å². The molecule has 138 valence electrons. The lowest BCUT2D eigenvalue weighted by Crippen LogP contribution is -2.35. The maximum Gasteiger partial charge on any atom is 0.269 e. The highest BCUT2D eigenvalue weighted by atomic mass is 16.5. The van der Waals surface area contributed by atoms with E-state index in [-0.39, 0.29) is 24.9 Å². The average molecular weight is 359 g/mol. The van der Waals surface area contributed by atoms with E-state index in [0.29, 0.717) is 28.5 Å². The SMILES string of the molecule is COc1cc(C(=O)NCCNC(=O)c2ccccn2)cc(OC)c1OC. The molecule has 2 amide bonds. The van der Waals surface area contributed by atoms with Crippen molar-refractivity contribution < 1.29 is 23.8 Å². The number of carbonyl (C=O) groups is 2. The van der Waals surface area contributed by atoms with E-state index in [1.807, 2.05) is 0 Å². The summed E-state index contributed by atoms with van der Waals surface area (Å²) in [5, 5.41) is 5.40. The van der Waals surface area contributed by atoms with Crippen LogP contribution in [0.2, 0.25) is 0 Å². The van der Waals surface area contributed by atoms with Gasteiger partial charge in [-0.05, 0) is 24.3 Å². The number of rotatable bonds is 8. The summed E-state index contributed by atoms with van der Waals surface area (Å²) >= 11 is 0. The smallest absolute Gasteiger partial charge is 0.269 e. The van der Waals surface area contributed by atoms with Crippen molar-refractivity contribution in [3.05, 3.63) is 47.8 Å². The van der Waals surface area contributed by atoms with Crippen molar-refractivity contribution in [2.45, 2.75) is 0 Å². The highest BCUT2D eigenvalue weighted by Gasteiger charge is 2.16. The van der Waals surface area contributed by atoms with Crippen LogP contribution in [0.15, 0.2) is 36.5 Å². The van der Waals surface area contributed by atoms with Gasteiger partial charge in [-0.25, -0.2) is 0 Å². The first kappa shape index (κ1) is 19.0. The van der Waals surface area contributed by atoms with Crippen LogP contribution in [0, 0.1) is 0 Å². The van der Waals surface area contributed by atoms with Crippen molar-refractivity contribution in [1.82, 2.24) is 15.6 Å². The average Bonchev–Trinajstić information content (AvgIpc) is 2.70. The predicted molar refractivity (Wildman–Crippen MR) is 95.0 cm³/mol. The van der Waals surface area contributed by atoms with E-state index in [2.05, 4.69) is 15.6 Å². The Bertz CT molecular complexity index is 740. The molecule has 2 rings (SSSR count). The zero-order valence-corrected chi connectivity index (χ0v) is 14.9. The number of nitrogens with zero attached hydrogens (tertiary/aromatic N) is 1. The van der Waals surface area contributed by atoms with Gasteiger partial charge in [-0.15, -0.1) is 0 Å². The van der Waals surface area contributed by atoms with Crippen LogP contribution in [-0.4, -0.2) is 51.2 Å². The zero-order chi connectivity index (χ0) is 18.9. The first-order chi connectivity index (χ1) is 12.6. The molecule has 1 aromatic carbocycles. The molecule has 0 atom stereocenters. The third-order valence-electron chi connectivity index (χ3n) is 3.52. The Morgan fingerprint density at radius 3 is 2.04 bits per heavy atom. The van der Waals surface area contributed by atoms with Gasteiger partial charge in [0.2, 0.25) is 5.75 Å². The molecule has 0 aliphatic rings. The van der Waals surface area contributed by atoms with Crippen LogP contribution >= 0.6 is 0 Å². The number of hydrogen-bond acceptors (Lipinski definition) is 6. The third kappa shape index (κ3) is 4.62. The first-order valence-electron chi connectivity index (χ1n) is 7.88. The molecule has 0 fully saturated rings. The first-order valence-corrected chi connectivity index (χ1v) is 7.88. The second-order valence-corrected chi connectivity index (χ2v) is 5.14. The Kier molecular flexibility index (Phi) is 6.78. The van der Waals surface area contributed by atoms with Crippen LogP contribution in [0.25, 0.3) is 0 Å². The summed E-state index contributed by atoms with van der Waals surface area (Å²) in [5.41, 5.74) is 0.680. The van der Waals surface area contributed by atoms with Crippen molar-refractivity contribution in [3.8, 4) is 17.2 Å². The second kappa shape index (κ2) is 9.26. The minimum atomic E-state index is -0.323. The lowest BCUT2D eigenvalue weighted by molar-refractivity contribution is 0.0925. The number of hydrogen-bond donors (Lipinski definition) is 2. The van der Waals surface area contributed by atoms with Gasteiger partial charge in [0.15, 0.2) is 11.5 Å². The summed E-state index contributed by atoms with van der Waals surface area (Å²) < 4.78 is 15.7. The van der Waals surface area contributed by atoms with E-state index in [9.17, 15) is 9.59 Å². The molecule has 0 radical (unpaired) electrons. The van der Waals surface area contributed by atoms with E-state index >= 15 is 0 Å². The summed E-state index contributed by atoms with van der Waals surface area (Å²) in [5.74, 6) is 0.569. The maximum atomic E-state index is 12.3. The zero-order valence-electron chi connectivity index (χ0n) is 14.9. The van der Waals surface area contributed by atoms with Crippen LogP contribution in [0.1, 0.15) is 20.8 Å². The van der Waals surface area contributed by atoms with Gasteiger partial charge >= 0.3 is 0 Å². The van der Waals surface area contributed by atoms with Gasteiger partial charge in [0.05, 0.1) is 21.3 Å². The third-order valence-corrected chi connectivity index (χ3v) is 3.52. The standard InChI is InChI=1S/C18H21N3O5/c1-24-14-10-12(11-15(25-2)16(14)26-3)17(22)20-8-9-21-18(23)13-6-4-5-7-19-13/h4-7,10-11H,8-9H2,1-3H3,(H,20,22)(H,21,23). The summed E-state index contributed by atoms with van der Waals surface area (Å²) in [6, 6.07) is 8.19. The molecule has 0 spiro atoms. The predicted octanol–water partition coefficient (Wildman–Crippen LogP) is 1.27. The Hall–Kier alpha value is -3.29. The van der Waals surface area contributed by atoms with Gasteiger partial charge in [0.1, 0.15) is 5.69 Å². The molecule has 1 aromatic heterocycles. The molecule has 2 aromatic rings. The number of benzene rings is 1. The van der Waals surface area contributed by atoms with E-state index in [1.54, 1.807) is 36.5 Å². The van der Waals surface area contributed by atoms with Crippen molar-refractivity contribution in [1.29, 1.82) is 0 Å². The molecule has 0 saturated carbocycles. The minimum Gasteiger partial charge on any atom is -0.493 e. The molecule has 1 heterocycles. The summed E-state index contributed by atoms with van der Waals surface area (Å²) in [4.78, 5) is 28.1. The highest BCUT2D eigenvalue weighted by molar-refractivity contribution is 5.96. The fraction of sp³-hybridized carbons (Fsp3) is 0.278. The molecule has 0 aliphatic carbocycles. The summed E-state index contributed by atoms with van der Waals surface area (Å²) in [7, 11) is 4.45. The fourth-order valence-corrected chi connectivity index (χ4v) is 2.25. The Balaban J connectivity index is 1.92. The molecule has 8 heteroatoms. The van der Waals surface area contributed by atoms with Gasteiger partial charge in [0, 0.05) is 24.8 Å². The largest absolute Gasteiger partial charge is 0.493 e. The number of carbonyl (C=O) groups excluding carboxylic acids is 2. The molecule has 8 nitrogen and oxygen atoms in total. The molecule has 26 heavy (non-hydrogen) atoms. The fourth-order valence-electron chi connectivity index (χ4n) is 2.25. The van der Waals surface area contributed by atoms with Crippen molar-refractivity contribution in [2.24, 2.45) is 0 Å². The number of aromatic nitrogens is 1. The minimum absolute atomic E-state index is 0.258. The molecule has 2 N–H and O–H groups in total. The van der Waals surface area contributed by atoms with Crippen molar-refractivity contribution >= 4 is 11.8 Å². The van der Waals surface area contributed by atoms with Crippen molar-refractivity contribution in [3.63, 3.8) is 0 Å². The lowest BCUT2D eigenvalue weighted by atomic mass is 10.1. The lowest BCUT2D eigenvalue weighted by Gasteiger charge is -2.14. The van der Waals surface area contributed by atoms with E-state index in [0.717, 1.165) is 0 Å². The number of amides is 2. The maximum absolute atomic E-state index is 12.3. The van der Waals surface area contributed by atoms with Gasteiger partial charge in [-0.3, -0.25) is 14.6 Å². The summed E-state index contributed by atoms with van der Waals surface area (Å²) in [6.45, 7) is 0.527. The van der Waals surface area contributed by atoms with E-state index in [4.69, 9.17) is 14.2 Å². The van der Waals surface area contributed by atoms with Gasteiger partial charge in [-0.2, -0.15) is 0 Å². The van der Waals surface area contributed by atoms with Gasteiger partial charge in [0.25, 0.3) is 11.8 Å². The van der Waals surface area contributed by atoms with Crippen molar-refractivity contribution in [2.75, 3.05) is 34.4 Å². The molecule has 0 bridgehead atoms. The number of pyridine rings is 1. The van der Waals surface area contributed by atoms with E-state index < -0.39 is 0 Å². The number of ether oxygens (including phenoxy) is 3. The monoisotopic (exact) mass is 359 g/mol. The quantitative estimate of drug-likeness (QED) is 0.689. The normalized spacial score (nSPS) is 9.96. The molecule has 0 unspecified atom stereocenters. The Morgan fingerprint density at radius 2 is 1.54 bits per heavy atom. The van der Waals surface area contributed by atoms with Crippen LogP contribution < -0.4 is 24.8 Å². The Labute approximate surface area is 151 Å². The molecular formula is C18H21N3O5. The molecule has 0 saturated heterocycles. The summed E-state index contributed by atoms with van der Waals surface area (Å²) in [6.07, 6.45) is 1.54. The molecular weight excluding hydrogens is 338 g/mol. The highest BCUT2D eigenvalue weighted by Crippen LogP contribution is 2.38. The van der Waals surface area contributed by atoms with Crippen LogP contribution in [0.3, 0.4) is 0 Å². The van der Waals surface area contributed by atoms with Gasteiger partial charge < -0.3 is 24.8 Å². The number of nitrogens with one attached hydrogen (secondary N) is 2. The molecule has 0 aliphatic heterocycles. The van der Waals surface area contributed by atoms with E-state index in [1.165, 1.54) is 21.3 Å². The Morgan fingerprint density at radius 1 is 0.923 bits per heavy atom. The number of methoxy groups -OCH3 is 3. The second-order valence-electron chi connectivity index (χ2n) is 5.14. The van der Waals surface area contributed by atoms with Gasteiger partial charge in [-0.1, -0.05) is 6.07 Å². The van der Waals surface area contributed by atoms with Crippen LogP contribution in [0.4, 0.5) is 0 Å². The van der Waals surface area contributed by atoms with Crippen LogP contribution in [0.5, 0.6) is 17.2 Å².